The fourth-order valence-electron chi connectivity index (χ4n) is 3.02. The molecular weight excluding hydrogens is 302 g/mol. The maximum atomic E-state index is 11.4. The molecule has 1 heterocycles. The first-order valence-electron chi connectivity index (χ1n) is 8.18. The summed E-state index contributed by atoms with van der Waals surface area (Å²) in [7, 11) is 0. The van der Waals surface area contributed by atoms with Crippen molar-refractivity contribution in [3.05, 3.63) is 65.0 Å². The van der Waals surface area contributed by atoms with E-state index in [-0.39, 0.29) is 6.10 Å². The SMILES string of the molecule is CC(C)CC(Oc1ccccc1)C1=Cc2nccc(C(=O)O)c2C1. The van der Waals surface area contributed by atoms with Crippen LogP contribution in [0.2, 0.25) is 0 Å². The summed E-state index contributed by atoms with van der Waals surface area (Å²) in [6, 6.07) is 11.3. The van der Waals surface area contributed by atoms with E-state index >= 15 is 0 Å². The maximum absolute atomic E-state index is 11.4. The predicted octanol–water partition coefficient (Wildman–Crippen LogP) is 4.21. The van der Waals surface area contributed by atoms with Gasteiger partial charge in [0.2, 0.25) is 0 Å². The summed E-state index contributed by atoms with van der Waals surface area (Å²) < 4.78 is 6.20. The van der Waals surface area contributed by atoms with Gasteiger partial charge >= 0.3 is 5.97 Å². The molecule has 4 nitrogen and oxygen atoms in total. The number of rotatable bonds is 6. The molecule has 1 aliphatic carbocycles. The topological polar surface area (TPSA) is 59.4 Å². The number of aromatic carboxylic acids is 1. The third kappa shape index (κ3) is 3.48. The molecule has 0 bridgehead atoms. The van der Waals surface area contributed by atoms with Crippen molar-refractivity contribution >= 4 is 12.0 Å². The van der Waals surface area contributed by atoms with Crippen LogP contribution >= 0.6 is 0 Å². The van der Waals surface area contributed by atoms with Gasteiger partial charge in [-0.3, -0.25) is 4.98 Å². The van der Waals surface area contributed by atoms with Crippen LogP contribution in [0, 0.1) is 5.92 Å². The molecule has 2 aromatic rings. The van der Waals surface area contributed by atoms with Gasteiger partial charge in [-0.25, -0.2) is 4.79 Å². The van der Waals surface area contributed by atoms with Crippen molar-refractivity contribution in [2.75, 3.05) is 0 Å². The van der Waals surface area contributed by atoms with Gasteiger partial charge in [-0.05, 0) is 47.8 Å². The van der Waals surface area contributed by atoms with Crippen LogP contribution in [0.3, 0.4) is 0 Å². The van der Waals surface area contributed by atoms with E-state index < -0.39 is 5.97 Å². The Hall–Kier alpha value is -2.62. The maximum Gasteiger partial charge on any atom is 0.336 e. The Morgan fingerprint density at radius 3 is 2.67 bits per heavy atom. The average Bonchev–Trinajstić information content (AvgIpc) is 2.98. The second kappa shape index (κ2) is 6.87. The van der Waals surface area contributed by atoms with Crippen molar-refractivity contribution in [1.29, 1.82) is 0 Å². The summed E-state index contributed by atoms with van der Waals surface area (Å²) in [6.07, 6.45) is 4.91. The lowest BCUT2D eigenvalue weighted by molar-refractivity contribution is 0.0695. The second-order valence-corrected chi connectivity index (χ2v) is 6.47. The van der Waals surface area contributed by atoms with Gasteiger partial charge in [0.15, 0.2) is 0 Å². The standard InChI is InChI=1S/C20H21NO3/c1-13(2)10-19(24-15-6-4-3-5-7-15)14-11-17-16(20(22)23)8-9-21-18(17)12-14/h3-9,12-13,19H,10-11H2,1-2H3,(H,22,23). The number of carbonyl (C=O) groups is 1. The van der Waals surface area contributed by atoms with Crippen molar-refractivity contribution in [1.82, 2.24) is 4.98 Å². The smallest absolute Gasteiger partial charge is 0.336 e. The molecule has 0 fully saturated rings. The van der Waals surface area contributed by atoms with E-state index in [0.717, 1.165) is 29.0 Å². The first-order chi connectivity index (χ1) is 11.5. The molecule has 4 heteroatoms. The predicted molar refractivity (Wildman–Crippen MR) is 93.2 cm³/mol. The van der Waals surface area contributed by atoms with Crippen molar-refractivity contribution in [3.63, 3.8) is 0 Å². The highest BCUT2D eigenvalue weighted by atomic mass is 16.5. The van der Waals surface area contributed by atoms with Gasteiger partial charge < -0.3 is 9.84 Å². The summed E-state index contributed by atoms with van der Waals surface area (Å²) in [4.78, 5) is 15.7. The third-order valence-corrected chi connectivity index (χ3v) is 4.14. The second-order valence-electron chi connectivity index (χ2n) is 6.47. The zero-order valence-corrected chi connectivity index (χ0v) is 13.9. The first-order valence-corrected chi connectivity index (χ1v) is 8.18. The molecule has 0 spiro atoms. The number of para-hydroxylation sites is 1. The lowest BCUT2D eigenvalue weighted by Crippen LogP contribution is -2.22. The van der Waals surface area contributed by atoms with Crippen LogP contribution in [0.15, 0.2) is 48.2 Å². The molecule has 1 atom stereocenters. The van der Waals surface area contributed by atoms with Crippen LogP contribution in [-0.4, -0.2) is 22.2 Å². The molecule has 0 saturated heterocycles. The van der Waals surface area contributed by atoms with Crippen LogP contribution in [-0.2, 0) is 6.42 Å². The van der Waals surface area contributed by atoms with Gasteiger partial charge in [-0.2, -0.15) is 0 Å². The Labute approximate surface area is 141 Å². The summed E-state index contributed by atoms with van der Waals surface area (Å²) >= 11 is 0. The lowest BCUT2D eigenvalue weighted by atomic mass is 9.97. The molecule has 24 heavy (non-hydrogen) atoms. The fourth-order valence-corrected chi connectivity index (χ4v) is 3.02. The number of pyridine rings is 1. The summed E-state index contributed by atoms with van der Waals surface area (Å²) in [5.41, 5.74) is 2.94. The molecule has 1 aromatic heterocycles. The van der Waals surface area contributed by atoms with Crippen molar-refractivity contribution < 1.29 is 14.6 Å². The molecule has 0 amide bonds. The van der Waals surface area contributed by atoms with E-state index in [4.69, 9.17) is 4.74 Å². The fraction of sp³-hybridized carbons (Fsp3) is 0.300. The number of nitrogens with zero attached hydrogens (tertiary/aromatic N) is 1. The van der Waals surface area contributed by atoms with Gasteiger partial charge in [0.1, 0.15) is 11.9 Å². The van der Waals surface area contributed by atoms with Crippen molar-refractivity contribution in [2.45, 2.75) is 32.8 Å². The van der Waals surface area contributed by atoms with Crippen LogP contribution in [0.5, 0.6) is 5.75 Å². The third-order valence-electron chi connectivity index (χ3n) is 4.14. The lowest BCUT2D eigenvalue weighted by Gasteiger charge is -2.22. The number of hydrogen-bond donors (Lipinski definition) is 1. The summed E-state index contributed by atoms with van der Waals surface area (Å²) in [6.45, 7) is 4.32. The molecule has 3 rings (SSSR count). The highest BCUT2D eigenvalue weighted by molar-refractivity contribution is 5.91. The van der Waals surface area contributed by atoms with Crippen molar-refractivity contribution in [3.8, 4) is 5.75 Å². The number of ether oxygens (including phenoxy) is 1. The summed E-state index contributed by atoms with van der Waals surface area (Å²) in [5.74, 6) is 0.384. The van der Waals surface area contributed by atoms with Gasteiger partial charge in [-0.15, -0.1) is 0 Å². The first kappa shape index (κ1) is 16.2. The molecule has 0 radical (unpaired) electrons. The molecule has 1 unspecified atom stereocenters. The Balaban J connectivity index is 1.87. The molecule has 1 N–H and O–H groups in total. The quantitative estimate of drug-likeness (QED) is 0.865. The highest BCUT2D eigenvalue weighted by Crippen LogP contribution is 2.32. The Kier molecular flexibility index (Phi) is 4.65. The highest BCUT2D eigenvalue weighted by Gasteiger charge is 2.27. The van der Waals surface area contributed by atoms with E-state index in [0.29, 0.717) is 17.9 Å². The Morgan fingerprint density at radius 2 is 2.00 bits per heavy atom. The zero-order chi connectivity index (χ0) is 17.1. The molecular formula is C20H21NO3. The summed E-state index contributed by atoms with van der Waals surface area (Å²) in [5, 5.41) is 9.37. The number of aromatic nitrogens is 1. The minimum atomic E-state index is -0.910. The van der Waals surface area contributed by atoms with Crippen LogP contribution < -0.4 is 4.74 Å². The van der Waals surface area contributed by atoms with Crippen molar-refractivity contribution in [2.24, 2.45) is 5.92 Å². The van der Waals surface area contributed by atoms with Gasteiger partial charge in [0.25, 0.3) is 0 Å². The molecule has 124 valence electrons. The minimum Gasteiger partial charge on any atom is -0.486 e. The number of fused-ring (bicyclic) bond motifs is 1. The minimum absolute atomic E-state index is 0.0803. The van der Waals surface area contributed by atoms with Crippen LogP contribution in [0.25, 0.3) is 6.08 Å². The van der Waals surface area contributed by atoms with Gasteiger partial charge in [0, 0.05) is 12.6 Å². The Morgan fingerprint density at radius 1 is 1.25 bits per heavy atom. The van der Waals surface area contributed by atoms with Crippen LogP contribution in [0.4, 0.5) is 0 Å². The van der Waals surface area contributed by atoms with E-state index in [9.17, 15) is 9.90 Å². The largest absolute Gasteiger partial charge is 0.486 e. The monoisotopic (exact) mass is 323 g/mol. The van der Waals surface area contributed by atoms with E-state index in [1.54, 1.807) is 12.3 Å². The molecule has 1 aliphatic rings. The van der Waals surface area contributed by atoms with Gasteiger partial charge in [-0.1, -0.05) is 32.0 Å². The van der Waals surface area contributed by atoms with E-state index in [1.165, 1.54) is 0 Å². The molecule has 0 aliphatic heterocycles. The van der Waals surface area contributed by atoms with Gasteiger partial charge in [0.05, 0.1) is 11.3 Å². The number of carboxylic acid groups (broad SMARTS) is 1. The number of benzene rings is 1. The normalized spacial score (nSPS) is 14.2. The van der Waals surface area contributed by atoms with E-state index in [2.05, 4.69) is 18.8 Å². The molecule has 1 aromatic carbocycles. The number of hydrogen-bond acceptors (Lipinski definition) is 3. The average molecular weight is 323 g/mol. The number of carboxylic acids is 1. The van der Waals surface area contributed by atoms with E-state index in [1.807, 2.05) is 36.4 Å². The Bertz CT molecular complexity index is 766. The zero-order valence-electron chi connectivity index (χ0n) is 13.9. The van der Waals surface area contributed by atoms with Crippen LogP contribution in [0.1, 0.15) is 41.9 Å². The molecule has 0 saturated carbocycles.